The summed E-state index contributed by atoms with van der Waals surface area (Å²) in [4.78, 5) is 12.2. The quantitative estimate of drug-likeness (QED) is 0.724. The predicted octanol–water partition coefficient (Wildman–Crippen LogP) is 2.81. The third-order valence-corrected chi connectivity index (χ3v) is 3.26. The van der Waals surface area contributed by atoms with Crippen molar-refractivity contribution in [1.29, 1.82) is 0 Å². The van der Waals surface area contributed by atoms with Crippen LogP contribution in [-0.2, 0) is 4.79 Å². The Kier molecular flexibility index (Phi) is 3.44. The molecule has 1 aliphatic rings. The summed E-state index contributed by atoms with van der Waals surface area (Å²) >= 11 is 9.79. The van der Waals surface area contributed by atoms with Gasteiger partial charge in [-0.05, 0) is 18.2 Å². The molecule has 102 valence electrons. The first-order valence-corrected chi connectivity index (χ1v) is 5.90. The summed E-state index contributed by atoms with van der Waals surface area (Å²) in [5, 5.41) is 0.309. The van der Waals surface area contributed by atoms with Gasteiger partial charge in [-0.15, -0.1) is 12.6 Å². The SMILES string of the molecule is NC1=C(S)CN(C(=O)C(F)(F)F)c2ccc(Cl)cc21. The molecule has 0 aromatic heterocycles. The van der Waals surface area contributed by atoms with Crippen molar-refractivity contribution in [3.63, 3.8) is 0 Å². The Labute approximate surface area is 117 Å². The van der Waals surface area contributed by atoms with E-state index in [1.807, 2.05) is 0 Å². The van der Waals surface area contributed by atoms with Crippen molar-refractivity contribution in [2.75, 3.05) is 11.4 Å². The van der Waals surface area contributed by atoms with Gasteiger partial charge in [-0.25, -0.2) is 0 Å². The summed E-state index contributed by atoms with van der Waals surface area (Å²) in [6, 6.07) is 4.13. The second kappa shape index (κ2) is 4.64. The Balaban J connectivity index is 2.56. The van der Waals surface area contributed by atoms with Crippen molar-refractivity contribution in [1.82, 2.24) is 0 Å². The number of hydrogen-bond donors (Lipinski definition) is 2. The molecular weight excluding hydrogens is 301 g/mol. The van der Waals surface area contributed by atoms with Gasteiger partial charge < -0.3 is 5.73 Å². The summed E-state index contributed by atoms with van der Waals surface area (Å²) in [6.07, 6.45) is -4.96. The van der Waals surface area contributed by atoms with Gasteiger partial charge in [0.15, 0.2) is 0 Å². The van der Waals surface area contributed by atoms with Gasteiger partial charge in [0.25, 0.3) is 0 Å². The molecule has 0 radical (unpaired) electrons. The second-order valence-corrected chi connectivity index (χ2v) is 4.89. The fourth-order valence-corrected chi connectivity index (χ4v) is 2.20. The lowest BCUT2D eigenvalue weighted by Gasteiger charge is -2.30. The number of thiol groups is 1. The molecule has 0 saturated carbocycles. The minimum Gasteiger partial charge on any atom is -0.397 e. The van der Waals surface area contributed by atoms with Gasteiger partial charge in [-0.2, -0.15) is 13.2 Å². The lowest BCUT2D eigenvalue weighted by molar-refractivity contribution is -0.170. The normalized spacial score (nSPS) is 15.5. The van der Waals surface area contributed by atoms with E-state index in [0.717, 1.165) is 0 Å². The van der Waals surface area contributed by atoms with Gasteiger partial charge in [0.2, 0.25) is 0 Å². The van der Waals surface area contributed by atoms with E-state index < -0.39 is 12.1 Å². The summed E-state index contributed by atoms with van der Waals surface area (Å²) in [5.41, 5.74) is 6.31. The van der Waals surface area contributed by atoms with Crippen LogP contribution in [0.2, 0.25) is 5.02 Å². The molecule has 0 atom stereocenters. The molecule has 1 amide bonds. The number of carbonyl (C=O) groups is 1. The van der Waals surface area contributed by atoms with Crippen molar-refractivity contribution < 1.29 is 18.0 Å². The van der Waals surface area contributed by atoms with Crippen LogP contribution in [0.3, 0.4) is 0 Å². The van der Waals surface area contributed by atoms with Gasteiger partial charge in [0.05, 0.1) is 17.9 Å². The van der Waals surface area contributed by atoms with E-state index in [1.165, 1.54) is 18.2 Å². The van der Waals surface area contributed by atoms with Crippen LogP contribution in [0.1, 0.15) is 5.56 Å². The van der Waals surface area contributed by atoms with E-state index in [1.54, 1.807) is 0 Å². The molecule has 0 unspecified atom stereocenters. The van der Waals surface area contributed by atoms with Crippen LogP contribution in [0, 0.1) is 0 Å². The number of rotatable bonds is 0. The Morgan fingerprint density at radius 3 is 2.63 bits per heavy atom. The first-order valence-electron chi connectivity index (χ1n) is 5.08. The Morgan fingerprint density at radius 2 is 2.05 bits per heavy atom. The second-order valence-electron chi connectivity index (χ2n) is 3.91. The van der Waals surface area contributed by atoms with Gasteiger partial charge >= 0.3 is 12.1 Å². The summed E-state index contributed by atoms with van der Waals surface area (Å²) in [5.74, 6) is -1.96. The van der Waals surface area contributed by atoms with Gasteiger partial charge in [-0.1, -0.05) is 11.6 Å². The highest BCUT2D eigenvalue weighted by Gasteiger charge is 2.44. The lowest BCUT2D eigenvalue weighted by Crippen LogP contribution is -2.44. The van der Waals surface area contributed by atoms with E-state index in [-0.39, 0.29) is 28.4 Å². The zero-order chi connectivity index (χ0) is 14.4. The number of benzene rings is 1. The molecule has 8 heteroatoms. The van der Waals surface area contributed by atoms with Crippen molar-refractivity contribution in [3.05, 3.63) is 33.7 Å². The van der Waals surface area contributed by atoms with Gasteiger partial charge in [0.1, 0.15) is 0 Å². The minimum atomic E-state index is -4.96. The highest BCUT2D eigenvalue weighted by molar-refractivity contribution is 7.84. The monoisotopic (exact) mass is 308 g/mol. The molecule has 19 heavy (non-hydrogen) atoms. The maximum atomic E-state index is 12.5. The molecule has 0 bridgehead atoms. The van der Waals surface area contributed by atoms with Crippen LogP contribution < -0.4 is 10.6 Å². The number of hydrogen-bond acceptors (Lipinski definition) is 3. The molecule has 0 saturated heterocycles. The molecular formula is C11H8ClF3N2OS. The molecule has 2 N–H and O–H groups in total. The third-order valence-electron chi connectivity index (χ3n) is 2.65. The van der Waals surface area contributed by atoms with Crippen LogP contribution in [0.25, 0.3) is 5.70 Å². The number of nitrogens with two attached hydrogens (primary N) is 1. The topological polar surface area (TPSA) is 46.3 Å². The van der Waals surface area contributed by atoms with E-state index in [0.29, 0.717) is 9.92 Å². The van der Waals surface area contributed by atoms with Crippen LogP contribution in [0.4, 0.5) is 18.9 Å². The van der Waals surface area contributed by atoms with Gasteiger partial charge in [0, 0.05) is 15.5 Å². The molecule has 0 aliphatic carbocycles. The lowest BCUT2D eigenvalue weighted by atomic mass is 10.0. The molecule has 1 aromatic rings. The Bertz CT molecular complexity index is 586. The highest BCUT2D eigenvalue weighted by Crippen LogP contribution is 2.37. The van der Waals surface area contributed by atoms with Crippen LogP contribution in [0.5, 0.6) is 0 Å². The average Bonchev–Trinajstić information content (AvgIpc) is 2.32. The molecule has 0 fully saturated rings. The van der Waals surface area contributed by atoms with Crippen molar-refractivity contribution in [2.45, 2.75) is 6.18 Å². The van der Waals surface area contributed by atoms with E-state index in [4.69, 9.17) is 17.3 Å². The molecule has 1 aliphatic heterocycles. The molecule has 2 rings (SSSR count). The smallest absolute Gasteiger partial charge is 0.397 e. The number of amides is 1. The molecule has 1 heterocycles. The van der Waals surface area contributed by atoms with Crippen molar-refractivity contribution in [2.24, 2.45) is 5.73 Å². The number of anilines is 1. The largest absolute Gasteiger partial charge is 0.471 e. The zero-order valence-corrected chi connectivity index (χ0v) is 11.0. The first kappa shape index (κ1) is 14.1. The summed E-state index contributed by atoms with van der Waals surface area (Å²) < 4.78 is 37.6. The van der Waals surface area contributed by atoms with E-state index in [9.17, 15) is 18.0 Å². The number of fused-ring (bicyclic) bond motifs is 1. The maximum Gasteiger partial charge on any atom is 0.471 e. The predicted molar refractivity (Wildman–Crippen MR) is 70.0 cm³/mol. The third kappa shape index (κ3) is 2.52. The van der Waals surface area contributed by atoms with Crippen LogP contribution >= 0.6 is 24.2 Å². The molecule has 3 nitrogen and oxygen atoms in total. The van der Waals surface area contributed by atoms with Gasteiger partial charge in [-0.3, -0.25) is 9.69 Å². The maximum absolute atomic E-state index is 12.5. The first-order chi connectivity index (χ1) is 8.71. The molecule has 0 spiro atoms. The Hall–Kier alpha value is -1.34. The van der Waals surface area contributed by atoms with Crippen molar-refractivity contribution >= 4 is 41.5 Å². The minimum absolute atomic E-state index is 0.0713. The summed E-state index contributed by atoms with van der Waals surface area (Å²) in [7, 11) is 0. The number of carbonyl (C=O) groups excluding carboxylic acids is 1. The number of alkyl halides is 3. The highest BCUT2D eigenvalue weighted by atomic mass is 35.5. The standard InChI is InChI=1S/C11H8ClF3N2OS/c12-5-1-2-7-6(3-5)9(16)8(19)4-17(7)10(18)11(13,14)15/h1-3,19H,4,16H2. The van der Waals surface area contributed by atoms with Crippen molar-refractivity contribution in [3.8, 4) is 0 Å². The fourth-order valence-electron chi connectivity index (χ4n) is 1.77. The number of halogens is 4. The van der Waals surface area contributed by atoms with Crippen LogP contribution in [-0.4, -0.2) is 18.6 Å². The Morgan fingerprint density at radius 1 is 1.42 bits per heavy atom. The average molecular weight is 309 g/mol. The summed E-state index contributed by atoms with van der Waals surface area (Å²) in [6.45, 7) is -0.318. The van der Waals surface area contributed by atoms with E-state index >= 15 is 0 Å². The number of nitrogens with zero attached hydrogens (tertiary/aromatic N) is 1. The zero-order valence-electron chi connectivity index (χ0n) is 9.33. The van der Waals surface area contributed by atoms with Crippen LogP contribution in [0.15, 0.2) is 23.1 Å². The molecule has 1 aromatic carbocycles. The fraction of sp³-hybridized carbons (Fsp3) is 0.182. The van der Waals surface area contributed by atoms with E-state index in [2.05, 4.69) is 12.6 Å².